The fourth-order valence-electron chi connectivity index (χ4n) is 9.03. The molecule has 0 spiro atoms. The van der Waals surface area contributed by atoms with Crippen LogP contribution in [0.15, 0.2) is 24.3 Å². The van der Waals surface area contributed by atoms with Crippen molar-refractivity contribution in [2.75, 3.05) is 26.4 Å². The summed E-state index contributed by atoms with van der Waals surface area (Å²) >= 11 is 0. The third-order valence-electron chi connectivity index (χ3n) is 13.5. The molecule has 0 aromatic carbocycles. The number of unbranched alkanes of at least 4 members (excludes halogenated alkanes) is 19. The average molecular weight is 1010 g/mol. The lowest BCUT2D eigenvalue weighted by molar-refractivity contribution is -0.379. The van der Waals surface area contributed by atoms with Gasteiger partial charge in [-0.1, -0.05) is 147 Å². The summed E-state index contributed by atoms with van der Waals surface area (Å²) in [5.41, 5.74) is 0. The van der Waals surface area contributed by atoms with Crippen LogP contribution in [0.2, 0.25) is 0 Å². The normalized spacial score (nSPS) is 32.7. The molecule has 3 saturated heterocycles. The van der Waals surface area contributed by atoms with Gasteiger partial charge in [0.25, 0.3) is 0 Å². The maximum Gasteiger partial charge on any atom is 0.220 e. The molecule has 70 heavy (non-hydrogen) atoms. The first-order valence-electron chi connectivity index (χ1n) is 26.6. The van der Waals surface area contributed by atoms with E-state index in [-0.39, 0.29) is 18.9 Å². The molecule has 3 heterocycles. The van der Waals surface area contributed by atoms with E-state index in [1.54, 1.807) is 6.08 Å². The number of carbonyl (C=O) groups excluding carboxylic acids is 1. The third kappa shape index (κ3) is 21.6. The number of ether oxygens (including phenoxy) is 6. The van der Waals surface area contributed by atoms with E-state index in [1.165, 1.54) is 77.0 Å². The van der Waals surface area contributed by atoms with Crippen molar-refractivity contribution in [1.29, 1.82) is 0 Å². The average Bonchev–Trinajstić information content (AvgIpc) is 3.35. The summed E-state index contributed by atoms with van der Waals surface area (Å²) in [6.07, 6.45) is 6.44. The summed E-state index contributed by atoms with van der Waals surface area (Å²) in [6.45, 7) is 1.62. The number of amides is 1. The Bertz CT molecular complexity index is 1390. The highest BCUT2D eigenvalue weighted by Crippen LogP contribution is 2.33. The Hall–Kier alpha value is -1.73. The van der Waals surface area contributed by atoms with Crippen molar-refractivity contribution in [3.05, 3.63) is 24.3 Å². The van der Waals surface area contributed by atoms with E-state index in [0.717, 1.165) is 51.4 Å². The van der Waals surface area contributed by atoms with E-state index in [2.05, 4.69) is 31.3 Å². The number of allylic oxidation sites excluding steroid dienone is 3. The summed E-state index contributed by atoms with van der Waals surface area (Å²) < 4.78 is 34.0. The molecular formula is C51H93NO18. The second-order valence-electron chi connectivity index (χ2n) is 19.3. The molecule has 0 saturated carbocycles. The van der Waals surface area contributed by atoms with Crippen LogP contribution in [0.4, 0.5) is 0 Å². The molecule has 19 nitrogen and oxygen atoms in total. The molecule has 0 bridgehead atoms. The lowest BCUT2D eigenvalue weighted by Gasteiger charge is -2.48. The van der Waals surface area contributed by atoms with E-state index in [4.69, 9.17) is 28.4 Å². The van der Waals surface area contributed by atoms with Gasteiger partial charge in [-0.15, -0.1) is 0 Å². The topological polar surface area (TPSA) is 307 Å². The minimum Gasteiger partial charge on any atom is -0.394 e. The van der Waals surface area contributed by atoms with E-state index < -0.39 is 124 Å². The zero-order valence-corrected chi connectivity index (χ0v) is 42.0. The van der Waals surface area contributed by atoms with Crippen molar-refractivity contribution in [1.82, 2.24) is 5.32 Å². The molecule has 3 rings (SSSR count). The molecule has 0 aliphatic carbocycles. The summed E-state index contributed by atoms with van der Waals surface area (Å²) in [6, 6.07) is -0.982. The Balaban J connectivity index is 1.53. The molecule has 12 N–H and O–H groups in total. The van der Waals surface area contributed by atoms with Crippen LogP contribution >= 0.6 is 0 Å². The highest BCUT2D eigenvalue weighted by atomic mass is 16.8. The minimum atomic E-state index is -1.98. The largest absolute Gasteiger partial charge is 0.394 e. The maximum atomic E-state index is 13.1. The van der Waals surface area contributed by atoms with Crippen LogP contribution in [-0.2, 0) is 33.2 Å². The predicted molar refractivity (Wildman–Crippen MR) is 259 cm³/mol. The first-order chi connectivity index (χ1) is 33.8. The molecule has 410 valence electrons. The van der Waals surface area contributed by atoms with Crippen LogP contribution in [-0.4, -0.2) is 193 Å². The van der Waals surface area contributed by atoms with Crippen LogP contribution in [0.1, 0.15) is 162 Å². The molecule has 0 radical (unpaired) electrons. The summed E-state index contributed by atoms with van der Waals surface area (Å²) in [4.78, 5) is 13.1. The molecule has 17 atom stereocenters. The number of hydrogen-bond acceptors (Lipinski definition) is 18. The zero-order chi connectivity index (χ0) is 51.3. The van der Waals surface area contributed by atoms with Crippen LogP contribution in [0.3, 0.4) is 0 Å². The van der Waals surface area contributed by atoms with Gasteiger partial charge in [0, 0.05) is 6.42 Å². The smallest absolute Gasteiger partial charge is 0.220 e. The van der Waals surface area contributed by atoms with Gasteiger partial charge in [0.15, 0.2) is 18.9 Å². The molecular weight excluding hydrogens is 915 g/mol. The highest BCUT2D eigenvalue weighted by molar-refractivity contribution is 5.76. The van der Waals surface area contributed by atoms with Crippen molar-refractivity contribution in [2.45, 2.75) is 266 Å². The lowest BCUT2D eigenvalue weighted by Crippen LogP contribution is -2.66. The van der Waals surface area contributed by atoms with Crippen LogP contribution in [0.5, 0.6) is 0 Å². The standard InChI is InChI=1S/C51H93NO18/c1-3-5-7-9-11-12-13-14-15-16-17-18-19-20-21-23-24-26-28-35(56)34(52-39(57)29-27-25-22-10-8-6-4-2)33-65-49-45(63)42(60)47(37(31-54)67-49)70-51-46(64)43(61)48(38(32-55)68-51)69-50-44(62)41(59)40(58)36(30-53)66-50/h20-21,26,28,34-38,40-51,53-56,58-64H,3-19,22-25,27,29-33H2,1-2H3,(H,52,57)/b21-20+,28-26+. The quantitative estimate of drug-likeness (QED) is 0.0314. The molecule has 3 fully saturated rings. The number of rotatable bonds is 37. The summed E-state index contributed by atoms with van der Waals surface area (Å²) in [5.74, 6) is -0.294. The Labute approximate surface area is 416 Å². The Morgan fingerprint density at radius 1 is 0.500 bits per heavy atom. The molecule has 3 aliphatic rings. The minimum absolute atomic E-state index is 0.235. The number of carbonyl (C=O) groups is 1. The van der Waals surface area contributed by atoms with E-state index in [0.29, 0.717) is 12.8 Å². The van der Waals surface area contributed by atoms with Crippen molar-refractivity contribution < 1.29 is 89.4 Å². The zero-order valence-electron chi connectivity index (χ0n) is 42.0. The molecule has 0 aromatic rings. The maximum absolute atomic E-state index is 13.1. The van der Waals surface area contributed by atoms with E-state index in [9.17, 15) is 61.0 Å². The summed E-state index contributed by atoms with van der Waals surface area (Å²) in [7, 11) is 0. The second kappa shape index (κ2) is 36.3. The van der Waals surface area contributed by atoms with Crippen molar-refractivity contribution in [3.63, 3.8) is 0 Å². The number of aliphatic hydroxyl groups excluding tert-OH is 11. The fourth-order valence-corrected chi connectivity index (χ4v) is 9.03. The van der Waals surface area contributed by atoms with Crippen LogP contribution in [0, 0.1) is 0 Å². The second-order valence-corrected chi connectivity index (χ2v) is 19.3. The van der Waals surface area contributed by atoms with Gasteiger partial charge < -0.3 is 89.9 Å². The SMILES string of the molecule is CCCCCCCCCCCCCC/C=C/CC/C=C/C(O)C(COC1OC(CO)C(OC2OC(CO)C(OC3OC(CO)C(O)C(O)C3O)C(O)C2O)C(O)C1O)NC(=O)CCCCCCCCC. The van der Waals surface area contributed by atoms with E-state index in [1.807, 2.05) is 6.08 Å². The first kappa shape index (κ1) is 62.6. The number of hydrogen-bond donors (Lipinski definition) is 12. The van der Waals surface area contributed by atoms with Gasteiger partial charge >= 0.3 is 0 Å². The Morgan fingerprint density at radius 2 is 0.914 bits per heavy atom. The van der Waals surface area contributed by atoms with E-state index >= 15 is 0 Å². The van der Waals surface area contributed by atoms with Gasteiger partial charge in [0.2, 0.25) is 5.91 Å². The van der Waals surface area contributed by atoms with Crippen molar-refractivity contribution in [2.24, 2.45) is 0 Å². The van der Waals surface area contributed by atoms with Crippen molar-refractivity contribution >= 4 is 5.91 Å². The molecule has 17 unspecified atom stereocenters. The molecule has 0 aromatic heterocycles. The van der Waals surface area contributed by atoms with Gasteiger partial charge in [-0.3, -0.25) is 4.79 Å². The molecule has 19 heteroatoms. The van der Waals surface area contributed by atoms with Crippen molar-refractivity contribution in [3.8, 4) is 0 Å². The first-order valence-corrected chi connectivity index (χ1v) is 26.6. The van der Waals surface area contributed by atoms with Gasteiger partial charge in [0.05, 0.1) is 38.6 Å². The predicted octanol–water partition coefficient (Wildman–Crippen LogP) is 2.42. The van der Waals surface area contributed by atoms with Gasteiger partial charge in [-0.2, -0.15) is 0 Å². The van der Waals surface area contributed by atoms with Crippen LogP contribution in [0.25, 0.3) is 0 Å². The van der Waals surface area contributed by atoms with Gasteiger partial charge in [-0.05, 0) is 32.1 Å². The third-order valence-corrected chi connectivity index (χ3v) is 13.5. The Kier molecular flexibility index (Phi) is 32.4. The number of nitrogens with one attached hydrogen (secondary N) is 1. The molecule has 3 aliphatic heterocycles. The van der Waals surface area contributed by atoms with Crippen LogP contribution < -0.4 is 5.32 Å². The van der Waals surface area contributed by atoms with Gasteiger partial charge in [0.1, 0.15) is 73.2 Å². The highest BCUT2D eigenvalue weighted by Gasteiger charge is 2.53. The number of aliphatic hydroxyl groups is 11. The summed E-state index contributed by atoms with van der Waals surface area (Å²) in [5, 5.41) is 119. The monoisotopic (exact) mass is 1010 g/mol. The van der Waals surface area contributed by atoms with Gasteiger partial charge in [-0.25, -0.2) is 0 Å². The Morgan fingerprint density at radius 3 is 1.43 bits per heavy atom. The lowest BCUT2D eigenvalue weighted by atomic mass is 9.96. The fraction of sp³-hybridized carbons (Fsp3) is 0.902. The molecule has 1 amide bonds.